The smallest absolute Gasteiger partial charge is 0.0624 e. The minimum Gasteiger partial charge on any atom is -0.383 e. The van der Waals surface area contributed by atoms with Gasteiger partial charge in [-0.15, -0.1) is 0 Å². The highest BCUT2D eigenvalue weighted by Crippen LogP contribution is 2.12. The second kappa shape index (κ2) is 7.45. The minimum atomic E-state index is 0.391. The number of methoxy groups -OCH3 is 1. The monoisotopic (exact) mass is 239 g/mol. The van der Waals surface area contributed by atoms with E-state index in [4.69, 9.17) is 4.74 Å². The minimum absolute atomic E-state index is 0.391. The summed E-state index contributed by atoms with van der Waals surface area (Å²) < 4.78 is 7.16. The first-order valence-corrected chi connectivity index (χ1v) is 6.49. The van der Waals surface area contributed by atoms with E-state index in [2.05, 4.69) is 41.9 Å². The molecule has 98 valence electrons. The molecule has 1 atom stereocenters. The molecule has 0 aromatic carbocycles. The van der Waals surface area contributed by atoms with Crippen molar-refractivity contribution in [2.75, 3.05) is 26.8 Å². The molecule has 0 saturated carbocycles. The standard InChI is InChI=1S/C13H25N3O/c1-5-12-9-13(6-2)16(15-12)11(3)10-14-7-8-17-4/h9,11,14H,5-8,10H2,1-4H3. The first kappa shape index (κ1) is 14.2. The van der Waals surface area contributed by atoms with Gasteiger partial charge in [0.15, 0.2) is 0 Å². The second-order valence-corrected chi connectivity index (χ2v) is 4.32. The molecule has 17 heavy (non-hydrogen) atoms. The molecule has 0 aliphatic rings. The van der Waals surface area contributed by atoms with Gasteiger partial charge >= 0.3 is 0 Å². The van der Waals surface area contributed by atoms with Gasteiger partial charge in [-0.05, 0) is 25.8 Å². The summed E-state index contributed by atoms with van der Waals surface area (Å²) in [7, 11) is 1.72. The summed E-state index contributed by atoms with van der Waals surface area (Å²) in [5.41, 5.74) is 2.51. The number of rotatable bonds is 8. The summed E-state index contributed by atoms with van der Waals surface area (Å²) >= 11 is 0. The molecule has 1 N–H and O–H groups in total. The van der Waals surface area contributed by atoms with Gasteiger partial charge in [-0.1, -0.05) is 13.8 Å². The Balaban J connectivity index is 2.54. The molecule has 1 unspecified atom stereocenters. The van der Waals surface area contributed by atoms with Crippen LogP contribution in [0.5, 0.6) is 0 Å². The van der Waals surface area contributed by atoms with Crippen molar-refractivity contribution in [3.05, 3.63) is 17.5 Å². The lowest BCUT2D eigenvalue weighted by atomic mass is 10.2. The Hall–Kier alpha value is -0.870. The average molecular weight is 239 g/mol. The van der Waals surface area contributed by atoms with Crippen LogP contribution in [0.25, 0.3) is 0 Å². The fraction of sp³-hybridized carbons (Fsp3) is 0.769. The summed E-state index contributed by atoms with van der Waals surface area (Å²) in [5.74, 6) is 0. The predicted octanol–water partition coefficient (Wildman–Crippen LogP) is 1.80. The molecule has 0 aliphatic heterocycles. The molecular weight excluding hydrogens is 214 g/mol. The summed E-state index contributed by atoms with van der Waals surface area (Å²) in [5, 5.41) is 8.02. The van der Waals surface area contributed by atoms with Gasteiger partial charge in [0.25, 0.3) is 0 Å². The lowest BCUT2D eigenvalue weighted by Gasteiger charge is -2.15. The van der Waals surface area contributed by atoms with E-state index in [1.54, 1.807) is 7.11 Å². The van der Waals surface area contributed by atoms with Gasteiger partial charge in [-0.25, -0.2) is 0 Å². The summed E-state index contributed by atoms with van der Waals surface area (Å²) in [6.45, 7) is 9.11. The fourth-order valence-corrected chi connectivity index (χ4v) is 1.88. The van der Waals surface area contributed by atoms with Crippen molar-refractivity contribution in [1.82, 2.24) is 15.1 Å². The topological polar surface area (TPSA) is 39.1 Å². The normalized spacial score (nSPS) is 12.9. The summed E-state index contributed by atoms with van der Waals surface area (Å²) in [4.78, 5) is 0. The van der Waals surface area contributed by atoms with Gasteiger partial charge < -0.3 is 10.1 Å². The molecule has 0 saturated heterocycles. The molecule has 1 heterocycles. The summed E-state index contributed by atoms with van der Waals surface area (Å²) in [6.07, 6.45) is 2.04. The SMILES string of the molecule is CCc1cc(CC)n(C(C)CNCCOC)n1. The van der Waals surface area contributed by atoms with Crippen LogP contribution >= 0.6 is 0 Å². The van der Waals surface area contributed by atoms with Crippen molar-refractivity contribution in [3.8, 4) is 0 Å². The van der Waals surface area contributed by atoms with Crippen LogP contribution in [-0.4, -0.2) is 36.6 Å². The highest BCUT2D eigenvalue weighted by molar-refractivity contribution is 5.11. The van der Waals surface area contributed by atoms with Crippen LogP contribution in [-0.2, 0) is 17.6 Å². The Kier molecular flexibility index (Phi) is 6.22. The number of hydrogen-bond acceptors (Lipinski definition) is 3. The van der Waals surface area contributed by atoms with Crippen LogP contribution in [0.2, 0.25) is 0 Å². The first-order valence-electron chi connectivity index (χ1n) is 6.49. The predicted molar refractivity (Wildman–Crippen MR) is 70.4 cm³/mol. The number of nitrogens with zero attached hydrogens (tertiary/aromatic N) is 2. The third-order valence-electron chi connectivity index (χ3n) is 2.93. The van der Waals surface area contributed by atoms with E-state index in [1.807, 2.05) is 0 Å². The van der Waals surface area contributed by atoms with Gasteiger partial charge in [0.1, 0.15) is 0 Å². The molecule has 4 heteroatoms. The zero-order chi connectivity index (χ0) is 12.7. The molecule has 0 fully saturated rings. The zero-order valence-electron chi connectivity index (χ0n) is 11.5. The Bertz CT molecular complexity index is 322. The van der Waals surface area contributed by atoms with Crippen LogP contribution in [0.4, 0.5) is 0 Å². The quantitative estimate of drug-likeness (QED) is 0.703. The Morgan fingerprint density at radius 1 is 1.41 bits per heavy atom. The summed E-state index contributed by atoms with van der Waals surface area (Å²) in [6, 6.07) is 2.60. The first-order chi connectivity index (χ1) is 8.22. The van der Waals surface area contributed by atoms with Gasteiger partial charge in [0.2, 0.25) is 0 Å². The van der Waals surface area contributed by atoms with Crippen LogP contribution in [0, 0.1) is 0 Å². The Labute approximate surface area is 104 Å². The Morgan fingerprint density at radius 2 is 2.18 bits per heavy atom. The highest BCUT2D eigenvalue weighted by atomic mass is 16.5. The van der Waals surface area contributed by atoms with Crippen LogP contribution in [0.3, 0.4) is 0 Å². The van der Waals surface area contributed by atoms with Crippen molar-refractivity contribution in [2.24, 2.45) is 0 Å². The van der Waals surface area contributed by atoms with Crippen molar-refractivity contribution >= 4 is 0 Å². The number of aromatic nitrogens is 2. The number of nitrogens with one attached hydrogen (secondary N) is 1. The van der Waals surface area contributed by atoms with Gasteiger partial charge in [-0.3, -0.25) is 4.68 Å². The van der Waals surface area contributed by atoms with E-state index in [0.717, 1.165) is 32.5 Å². The van der Waals surface area contributed by atoms with Crippen LogP contribution in [0.1, 0.15) is 38.2 Å². The molecule has 0 radical (unpaired) electrons. The maximum absolute atomic E-state index is 5.01. The van der Waals surface area contributed by atoms with Gasteiger partial charge in [0.05, 0.1) is 18.3 Å². The van der Waals surface area contributed by atoms with E-state index < -0.39 is 0 Å². The third kappa shape index (κ3) is 4.13. The molecule has 1 aromatic heterocycles. The molecule has 0 spiro atoms. The lowest BCUT2D eigenvalue weighted by molar-refractivity contribution is 0.198. The van der Waals surface area contributed by atoms with Crippen molar-refractivity contribution in [1.29, 1.82) is 0 Å². The van der Waals surface area contributed by atoms with E-state index in [-0.39, 0.29) is 0 Å². The van der Waals surface area contributed by atoms with Gasteiger partial charge in [-0.2, -0.15) is 5.10 Å². The molecule has 1 rings (SSSR count). The van der Waals surface area contributed by atoms with E-state index in [1.165, 1.54) is 11.4 Å². The second-order valence-electron chi connectivity index (χ2n) is 4.32. The highest BCUT2D eigenvalue weighted by Gasteiger charge is 2.11. The largest absolute Gasteiger partial charge is 0.383 e. The zero-order valence-corrected chi connectivity index (χ0v) is 11.5. The van der Waals surface area contributed by atoms with E-state index >= 15 is 0 Å². The van der Waals surface area contributed by atoms with Crippen LogP contribution in [0.15, 0.2) is 6.07 Å². The van der Waals surface area contributed by atoms with Crippen LogP contribution < -0.4 is 5.32 Å². The number of ether oxygens (including phenoxy) is 1. The third-order valence-corrected chi connectivity index (χ3v) is 2.93. The average Bonchev–Trinajstić information content (AvgIpc) is 2.77. The molecule has 0 bridgehead atoms. The molecule has 0 aliphatic carbocycles. The lowest BCUT2D eigenvalue weighted by Crippen LogP contribution is -2.27. The van der Waals surface area contributed by atoms with Gasteiger partial charge in [0, 0.05) is 25.9 Å². The molecule has 0 amide bonds. The molecular formula is C13H25N3O. The number of aryl methyl sites for hydroxylation is 2. The molecule has 1 aromatic rings. The van der Waals surface area contributed by atoms with Crippen molar-refractivity contribution < 1.29 is 4.74 Å². The Morgan fingerprint density at radius 3 is 2.76 bits per heavy atom. The van der Waals surface area contributed by atoms with E-state index in [0.29, 0.717) is 6.04 Å². The maximum Gasteiger partial charge on any atom is 0.0624 e. The molecule has 4 nitrogen and oxygen atoms in total. The van der Waals surface area contributed by atoms with Crippen molar-refractivity contribution in [3.63, 3.8) is 0 Å². The van der Waals surface area contributed by atoms with Crippen molar-refractivity contribution in [2.45, 2.75) is 39.7 Å². The van der Waals surface area contributed by atoms with E-state index in [9.17, 15) is 0 Å². The fourth-order valence-electron chi connectivity index (χ4n) is 1.88. The maximum atomic E-state index is 5.01. The number of hydrogen-bond donors (Lipinski definition) is 1.